The van der Waals surface area contributed by atoms with Crippen molar-refractivity contribution in [2.24, 2.45) is 11.5 Å². The predicted molar refractivity (Wildman–Crippen MR) is 406 cm³/mol. The lowest BCUT2D eigenvalue weighted by Crippen LogP contribution is -2.67. The van der Waals surface area contributed by atoms with E-state index >= 15 is 0 Å². The molecule has 0 saturated carbocycles. The number of hydrogen-bond acceptors (Lipinski definition) is 38. The Morgan fingerprint density at radius 2 is 0.604 bits per heavy atom. The lowest BCUT2D eigenvalue weighted by atomic mass is 10.1. The summed E-state index contributed by atoms with van der Waals surface area (Å²) >= 11 is 0. The highest BCUT2D eigenvalue weighted by Crippen LogP contribution is 2.22. The number of carbonyl (C=O) groups is 2. The fourth-order valence-corrected chi connectivity index (χ4v) is 23.9. The number of ketones is 2. The molecular weight excluding hydrogens is 1600 g/mol. The van der Waals surface area contributed by atoms with Gasteiger partial charge in [-0.25, -0.2) is 0 Å². The Morgan fingerprint density at radius 1 is 0.340 bits per heavy atom. The molecule has 0 heterocycles. The fraction of sp³-hybridized carbons (Fsp3) is 0.684. The van der Waals surface area contributed by atoms with Crippen molar-refractivity contribution >= 4 is 121 Å². The highest BCUT2D eigenvalue weighted by molar-refractivity contribution is 6.83. The van der Waals surface area contributed by atoms with Crippen molar-refractivity contribution in [1.29, 1.82) is 0 Å². The zero-order chi connectivity index (χ0) is 83.1. The van der Waals surface area contributed by atoms with Crippen molar-refractivity contribution < 1.29 is 165 Å². The zero-order valence-electron chi connectivity index (χ0n) is 64.9. The molecule has 0 radical (unpaired) electrons. The predicted octanol–water partition coefficient (Wildman–Crippen LogP) is -0.295. The molecule has 2 aromatic rings. The number of hydrogen-bond donors (Lipinski definition) is 11. The van der Waals surface area contributed by atoms with Gasteiger partial charge < -0.3 is 149 Å². The minimum absolute atomic E-state index is 0.137. The molecule has 0 bridgehead atoms. The fourth-order valence-electron chi connectivity index (χ4n) is 7.53. The van der Waals surface area contributed by atoms with Crippen molar-refractivity contribution in [2.75, 3.05) is 186 Å². The van der Waals surface area contributed by atoms with Crippen LogP contribution in [0, 0.1) is 0 Å². The van der Waals surface area contributed by atoms with Gasteiger partial charge in [0.2, 0.25) is 0 Å². The van der Waals surface area contributed by atoms with Gasteiger partial charge >= 0.3 is 97.6 Å². The molecule has 0 aliphatic heterocycles. The Balaban J connectivity index is -0.000000219. The van der Waals surface area contributed by atoms with Crippen LogP contribution in [0.4, 0.5) is 0 Å². The second-order valence-corrected chi connectivity index (χ2v) is 46.9. The summed E-state index contributed by atoms with van der Waals surface area (Å²) in [7, 11) is -2.07. The molecule has 0 saturated heterocycles. The van der Waals surface area contributed by atoms with Gasteiger partial charge in [0.1, 0.15) is 12.5 Å². The molecule has 0 spiro atoms. The van der Waals surface area contributed by atoms with Gasteiger partial charge in [-0.2, -0.15) is 0 Å². The average molecular weight is 1720 g/mol. The molecule has 0 aromatic heterocycles. The van der Waals surface area contributed by atoms with Crippen LogP contribution in [0.15, 0.2) is 72.8 Å². The van der Waals surface area contributed by atoms with E-state index in [1.54, 1.807) is 97.5 Å². The number of aliphatic hydroxyl groups is 6. The van der Waals surface area contributed by atoms with Crippen molar-refractivity contribution in [3.8, 4) is 0 Å². The summed E-state index contributed by atoms with van der Waals surface area (Å²) in [5, 5.41) is 54.5. The van der Waals surface area contributed by atoms with E-state index in [-0.39, 0.29) is 24.0 Å². The van der Waals surface area contributed by atoms with Gasteiger partial charge in [-0.05, 0) is 74.9 Å². The van der Waals surface area contributed by atoms with Crippen molar-refractivity contribution in [1.82, 2.24) is 0 Å². The number of allylic oxidation sites excluding steroid dienone is 2. The van der Waals surface area contributed by atoms with Crippen LogP contribution < -0.4 is 11.5 Å². The molecule has 2 rings (SSSR count). The largest absolute Gasteiger partial charge is 0.673 e. The summed E-state index contributed by atoms with van der Waals surface area (Å²) in [6.45, 7) is 1.29. The third-order valence-electron chi connectivity index (χ3n) is 14.2. The smallest absolute Gasteiger partial charge is 0.395 e. The molecule has 0 fully saturated rings. The van der Waals surface area contributed by atoms with E-state index in [4.69, 9.17) is 133 Å². The Labute approximate surface area is 639 Å². The van der Waals surface area contributed by atoms with E-state index in [0.29, 0.717) is 25.9 Å². The number of nitrogens with two attached hydrogens (primary N) is 2. The number of carbonyl (C=O) groups excluding carboxylic acids is 2. The van der Waals surface area contributed by atoms with Gasteiger partial charge in [0.15, 0.2) is 11.6 Å². The van der Waals surface area contributed by atoms with Crippen LogP contribution in [0.5, 0.6) is 0 Å². The number of rotatable bonds is 49. The van der Waals surface area contributed by atoms with Crippen LogP contribution in [0.25, 0.3) is 12.2 Å². The normalized spacial score (nSPS) is 12.2. The third kappa shape index (κ3) is 55.1. The first-order valence-electron chi connectivity index (χ1n) is 31.9. The Kier molecular flexibility index (Phi) is 80.2. The molecule has 622 valence electrons. The topological polar surface area (TPSA) is 530 Å². The molecular formula is C57H124N2O36Si11. The van der Waals surface area contributed by atoms with E-state index < -0.39 is 123 Å². The SMILES string of the molecule is CO[Si](CCCCC(=O)/C=C/c1ccccc1)(OC)OC.CO[Si](CCCCC(=O)/C=C/c1ccccc1)(OC)OC.CO[Si](CCCN)(OC)OC.CO[Si](CCCN)(OC)OC.CO[Si](CO)(CO)OC.CO[Si](O)(CO)O[Si](CO)(CO)O[Si](CO)(OC)OC.CO[Si](O)(O)OC.O=[Si]=O.O=[Si]=O. The Hall–Kier alpha value is -2.43. The first-order chi connectivity index (χ1) is 50.3. The molecule has 2 aromatic carbocycles. The van der Waals surface area contributed by atoms with Crippen molar-refractivity contribution in [3.05, 3.63) is 83.9 Å². The number of aliphatic hydroxyl groups excluding tert-OH is 6. The van der Waals surface area contributed by atoms with E-state index in [1.807, 2.05) is 72.8 Å². The number of unbranched alkanes of at least 4 members (excludes halogenated alkanes) is 2. The van der Waals surface area contributed by atoms with Crippen LogP contribution in [0.1, 0.15) is 62.5 Å². The van der Waals surface area contributed by atoms with Crippen LogP contribution in [-0.4, -0.2) is 340 Å². The average Bonchev–Trinajstić information content (AvgIpc) is 0.803. The van der Waals surface area contributed by atoms with Gasteiger partial charge in [0.05, 0.1) is 24.9 Å². The van der Waals surface area contributed by atoms with Crippen molar-refractivity contribution in [2.45, 2.75) is 75.5 Å². The van der Waals surface area contributed by atoms with Crippen LogP contribution in [0.2, 0.25) is 24.2 Å². The zero-order valence-corrected chi connectivity index (χ0v) is 75.9. The Bertz CT molecular complexity index is 2280. The molecule has 49 heteroatoms. The first-order valence-corrected chi connectivity index (χ1v) is 51.4. The summed E-state index contributed by atoms with van der Waals surface area (Å²) in [6, 6.07) is 22.6. The molecule has 13 N–H and O–H groups in total. The lowest BCUT2D eigenvalue weighted by molar-refractivity contribution is -0.115. The third-order valence-corrected chi connectivity index (χ3v) is 38.2. The standard InChI is InChI=1S/2C16H24O4Si.C7H22O10Si3.2C6H17NO3Si.C4H12O4Si.C2H8O4Si.2O2Si/c2*1-18-21(19-2,20-3)14-8-7-11-16(17)13-12-15-9-5-4-6-10-15;1-13-19(12,6-10)16-18(4-8,5-9)17-20(7-11,14-2)15-3;2*1-8-11(9-2,10-3)6-4-5-7;1-7-9(3-5,4-6)8-2;1-5-7(3,4)6-2;2*1-3-2/h2*4-6,9-10,12-13H,7-8,11,14H2,1-3H3;8-12H,4-7H2,1-3H3;2*4-7H2,1-3H3;5-6H,3-4H2,1-2H3;3-4H,1-2H3;;/b2*13-12+;;;;;;;. The van der Waals surface area contributed by atoms with Gasteiger partial charge in [0.25, 0.3) is 0 Å². The summed E-state index contributed by atoms with van der Waals surface area (Å²) in [5.74, 6) is 0.275. The molecule has 0 aliphatic rings. The van der Waals surface area contributed by atoms with E-state index in [0.717, 1.165) is 80.9 Å². The minimum atomic E-state index is -4.01. The van der Waals surface area contributed by atoms with Crippen LogP contribution in [-0.2, 0) is 120 Å². The first kappa shape index (κ1) is 117. The van der Waals surface area contributed by atoms with E-state index in [2.05, 4.69) is 13.3 Å². The summed E-state index contributed by atoms with van der Waals surface area (Å²) in [4.78, 5) is 50.2. The minimum Gasteiger partial charge on any atom is -0.395 e. The van der Waals surface area contributed by atoms with E-state index in [1.165, 1.54) is 42.7 Å². The quantitative estimate of drug-likeness (QED) is 0.0230. The lowest BCUT2D eigenvalue weighted by Gasteiger charge is -2.38. The highest BCUT2D eigenvalue weighted by atomic mass is 28.5. The van der Waals surface area contributed by atoms with Crippen LogP contribution >= 0.6 is 0 Å². The van der Waals surface area contributed by atoms with Crippen molar-refractivity contribution in [3.63, 3.8) is 0 Å². The van der Waals surface area contributed by atoms with Gasteiger partial charge in [-0.3, -0.25) is 27.4 Å². The van der Waals surface area contributed by atoms with Gasteiger partial charge in [-0.15, -0.1) is 0 Å². The maximum Gasteiger partial charge on any atom is 0.673 e. The monoisotopic (exact) mass is 1720 g/mol. The van der Waals surface area contributed by atoms with Gasteiger partial charge in [0, 0.05) is 172 Å². The molecule has 0 aliphatic carbocycles. The summed E-state index contributed by atoms with van der Waals surface area (Å²) in [6.07, 6.45) is 9.73. The molecule has 0 amide bonds. The second-order valence-electron chi connectivity index (χ2n) is 20.3. The highest BCUT2D eigenvalue weighted by Gasteiger charge is 2.56. The second kappa shape index (κ2) is 72.8. The maximum atomic E-state index is 11.8. The van der Waals surface area contributed by atoms with E-state index in [9.17, 15) is 29.7 Å². The molecule has 1 unspecified atom stereocenters. The molecule has 38 nitrogen and oxygen atoms in total. The van der Waals surface area contributed by atoms with Gasteiger partial charge in [-0.1, -0.05) is 72.8 Å². The molecule has 106 heavy (non-hydrogen) atoms. The number of benzene rings is 2. The maximum absolute atomic E-state index is 11.8. The summed E-state index contributed by atoms with van der Waals surface area (Å²) in [5.41, 5.74) is 12.8. The molecule has 1 atom stereocenters. The summed E-state index contributed by atoms with van der Waals surface area (Å²) < 4.78 is 140. The van der Waals surface area contributed by atoms with Crippen LogP contribution in [0.3, 0.4) is 0 Å². The Morgan fingerprint density at radius 3 is 0.783 bits per heavy atom.